The number of rotatable bonds is 7. The van der Waals surface area contributed by atoms with Crippen LogP contribution in [0.5, 0.6) is 11.5 Å². The maximum atomic E-state index is 12.6. The summed E-state index contributed by atoms with van der Waals surface area (Å²) in [6, 6.07) is 13.2. The van der Waals surface area contributed by atoms with Gasteiger partial charge in [-0.1, -0.05) is 12.1 Å². The maximum absolute atomic E-state index is 12.6. The molecule has 0 aliphatic carbocycles. The van der Waals surface area contributed by atoms with E-state index < -0.39 is 10.0 Å². The summed E-state index contributed by atoms with van der Waals surface area (Å²) in [7, 11) is -3.82. The molecule has 0 aromatic heterocycles. The smallest absolute Gasteiger partial charge is 0.265 e. The Labute approximate surface area is 141 Å². The lowest BCUT2D eigenvalue weighted by atomic mass is 10.2. The van der Waals surface area contributed by atoms with Gasteiger partial charge in [-0.15, -0.1) is 0 Å². The lowest BCUT2D eigenvalue weighted by Gasteiger charge is -2.13. The van der Waals surface area contributed by atoms with Crippen molar-refractivity contribution < 1.29 is 17.9 Å². The summed E-state index contributed by atoms with van der Waals surface area (Å²) in [5.74, 6) is 0.716. The van der Waals surface area contributed by atoms with Gasteiger partial charge in [-0.3, -0.25) is 4.72 Å². The molecule has 0 heterocycles. The molecule has 2 aromatic carbocycles. The van der Waals surface area contributed by atoms with Gasteiger partial charge in [0.05, 0.1) is 12.3 Å². The first-order chi connectivity index (χ1) is 11.5. The minimum Gasteiger partial charge on any atom is -0.492 e. The molecule has 126 valence electrons. The van der Waals surface area contributed by atoms with Gasteiger partial charge in [-0.05, 0) is 43.7 Å². The highest BCUT2D eigenvalue weighted by molar-refractivity contribution is 7.92. The van der Waals surface area contributed by atoms with E-state index >= 15 is 0 Å². The lowest BCUT2D eigenvalue weighted by Crippen LogP contribution is -2.14. The third-order valence-corrected chi connectivity index (χ3v) is 4.47. The van der Waals surface area contributed by atoms with E-state index in [1.54, 1.807) is 37.3 Å². The van der Waals surface area contributed by atoms with E-state index in [4.69, 9.17) is 14.7 Å². The summed E-state index contributed by atoms with van der Waals surface area (Å²) in [5, 5.41) is 8.58. The van der Waals surface area contributed by atoms with E-state index in [9.17, 15) is 8.42 Å². The number of hydrogen-bond donors (Lipinski definition) is 1. The zero-order valence-electron chi connectivity index (χ0n) is 13.4. The highest BCUT2D eigenvalue weighted by atomic mass is 32.2. The Morgan fingerprint density at radius 3 is 2.62 bits per heavy atom. The molecule has 0 unspecified atom stereocenters. The largest absolute Gasteiger partial charge is 0.492 e. The Bertz CT molecular complexity index is 857. The molecule has 2 rings (SSSR count). The number of sulfonamides is 1. The fourth-order valence-corrected chi connectivity index (χ4v) is 3.35. The van der Waals surface area contributed by atoms with Crippen LogP contribution in [0.15, 0.2) is 47.4 Å². The number of benzene rings is 2. The third kappa shape index (κ3) is 4.40. The van der Waals surface area contributed by atoms with Gasteiger partial charge in [-0.25, -0.2) is 8.42 Å². The molecule has 1 N–H and O–H groups in total. The topological polar surface area (TPSA) is 88.4 Å². The fourth-order valence-electron chi connectivity index (χ4n) is 2.16. The van der Waals surface area contributed by atoms with Crippen LogP contribution < -0.4 is 14.2 Å². The van der Waals surface area contributed by atoms with Crippen molar-refractivity contribution >= 4 is 15.7 Å². The van der Waals surface area contributed by atoms with E-state index in [-0.39, 0.29) is 11.5 Å². The number of hydrogen-bond acceptors (Lipinski definition) is 5. The Balaban J connectivity index is 2.33. The SMILES string of the molecule is CCOc1ccccc1S(=O)(=O)Nc1cc(C)cc(OCC#N)c1. The molecule has 6 nitrogen and oxygen atoms in total. The zero-order valence-corrected chi connectivity index (χ0v) is 14.3. The number of nitrogens with one attached hydrogen (secondary N) is 1. The molecular weight excluding hydrogens is 328 g/mol. The number of nitrogens with zero attached hydrogens (tertiary/aromatic N) is 1. The van der Waals surface area contributed by atoms with Crippen molar-refractivity contribution in [3.8, 4) is 17.6 Å². The number of aryl methyl sites for hydroxylation is 1. The molecule has 0 bridgehead atoms. The minimum atomic E-state index is -3.82. The van der Waals surface area contributed by atoms with Gasteiger partial charge in [0.2, 0.25) is 0 Å². The van der Waals surface area contributed by atoms with E-state index in [0.717, 1.165) is 5.56 Å². The van der Waals surface area contributed by atoms with Crippen LogP contribution in [-0.4, -0.2) is 21.6 Å². The van der Waals surface area contributed by atoms with Crippen LogP contribution in [0.2, 0.25) is 0 Å². The van der Waals surface area contributed by atoms with Gasteiger partial charge in [-0.2, -0.15) is 5.26 Å². The van der Waals surface area contributed by atoms with Crippen molar-refractivity contribution in [2.24, 2.45) is 0 Å². The molecule has 7 heteroatoms. The third-order valence-electron chi connectivity index (χ3n) is 3.04. The standard InChI is InChI=1S/C17H18N2O4S/c1-3-22-16-6-4-5-7-17(16)24(20,21)19-14-10-13(2)11-15(12-14)23-9-8-18/h4-7,10-12,19H,3,9H2,1-2H3. The summed E-state index contributed by atoms with van der Waals surface area (Å²) in [4.78, 5) is 0.0628. The first-order valence-corrected chi connectivity index (χ1v) is 8.80. The van der Waals surface area contributed by atoms with Gasteiger partial charge in [0, 0.05) is 6.07 Å². The molecule has 24 heavy (non-hydrogen) atoms. The Hall–Kier alpha value is -2.72. The second kappa shape index (κ2) is 7.70. The minimum absolute atomic E-state index is 0.0628. The molecule has 0 fully saturated rings. The molecule has 0 atom stereocenters. The lowest BCUT2D eigenvalue weighted by molar-refractivity contribution is 0.331. The highest BCUT2D eigenvalue weighted by Gasteiger charge is 2.19. The van der Waals surface area contributed by atoms with Crippen LogP contribution in [0.25, 0.3) is 0 Å². The number of nitriles is 1. The van der Waals surface area contributed by atoms with Crippen LogP contribution in [0.4, 0.5) is 5.69 Å². The van der Waals surface area contributed by atoms with Crippen LogP contribution in [0, 0.1) is 18.3 Å². The number of para-hydroxylation sites is 1. The van der Waals surface area contributed by atoms with E-state index in [2.05, 4.69) is 4.72 Å². The van der Waals surface area contributed by atoms with Crippen LogP contribution in [0.1, 0.15) is 12.5 Å². The quantitative estimate of drug-likeness (QED) is 0.832. The normalized spacial score (nSPS) is 10.7. The Kier molecular flexibility index (Phi) is 5.66. The summed E-state index contributed by atoms with van der Waals surface area (Å²) in [5.41, 5.74) is 1.16. The van der Waals surface area contributed by atoms with Crippen molar-refractivity contribution in [1.29, 1.82) is 5.26 Å². The molecule has 0 aliphatic rings. The van der Waals surface area contributed by atoms with Crippen molar-refractivity contribution in [2.75, 3.05) is 17.9 Å². The molecule has 0 spiro atoms. The molecule has 0 aliphatic heterocycles. The molecule has 0 saturated carbocycles. The molecule has 2 aromatic rings. The predicted molar refractivity (Wildman–Crippen MR) is 90.7 cm³/mol. The summed E-state index contributed by atoms with van der Waals surface area (Å²) >= 11 is 0. The van der Waals surface area contributed by atoms with E-state index in [1.807, 2.05) is 13.0 Å². The average molecular weight is 346 g/mol. The van der Waals surface area contributed by atoms with Crippen molar-refractivity contribution in [3.63, 3.8) is 0 Å². The van der Waals surface area contributed by atoms with Gasteiger partial charge in [0.25, 0.3) is 10.0 Å². The summed E-state index contributed by atoms with van der Waals surface area (Å²) in [6.07, 6.45) is 0. The second-order valence-electron chi connectivity index (χ2n) is 4.97. The molecule has 0 saturated heterocycles. The van der Waals surface area contributed by atoms with E-state index in [1.165, 1.54) is 12.1 Å². The molecule has 0 amide bonds. The maximum Gasteiger partial charge on any atom is 0.265 e. The van der Waals surface area contributed by atoms with Crippen LogP contribution >= 0.6 is 0 Å². The van der Waals surface area contributed by atoms with Crippen LogP contribution in [0.3, 0.4) is 0 Å². The summed E-state index contributed by atoms with van der Waals surface area (Å²) < 4.78 is 38.4. The molecular formula is C17H18N2O4S. The zero-order chi connectivity index (χ0) is 17.6. The molecule has 0 radical (unpaired) electrons. The Morgan fingerprint density at radius 1 is 1.17 bits per heavy atom. The van der Waals surface area contributed by atoms with Crippen LogP contribution in [-0.2, 0) is 10.0 Å². The van der Waals surface area contributed by atoms with Crippen molar-refractivity contribution in [1.82, 2.24) is 0 Å². The van der Waals surface area contributed by atoms with Gasteiger partial charge >= 0.3 is 0 Å². The number of ether oxygens (including phenoxy) is 2. The Morgan fingerprint density at radius 2 is 1.92 bits per heavy atom. The first kappa shape index (κ1) is 17.6. The van der Waals surface area contributed by atoms with Gasteiger partial charge in [0.15, 0.2) is 6.61 Å². The van der Waals surface area contributed by atoms with E-state index in [0.29, 0.717) is 23.8 Å². The first-order valence-electron chi connectivity index (χ1n) is 7.32. The van der Waals surface area contributed by atoms with Crippen molar-refractivity contribution in [3.05, 3.63) is 48.0 Å². The van der Waals surface area contributed by atoms with Crippen molar-refractivity contribution in [2.45, 2.75) is 18.7 Å². The summed E-state index contributed by atoms with van der Waals surface area (Å²) in [6.45, 7) is 3.85. The number of anilines is 1. The predicted octanol–water partition coefficient (Wildman–Crippen LogP) is 3.10. The highest BCUT2D eigenvalue weighted by Crippen LogP contribution is 2.27. The van der Waals surface area contributed by atoms with Gasteiger partial charge < -0.3 is 9.47 Å². The van der Waals surface area contributed by atoms with Gasteiger partial charge in [0.1, 0.15) is 22.5 Å². The fraction of sp³-hybridized carbons (Fsp3) is 0.235. The second-order valence-corrected chi connectivity index (χ2v) is 6.62. The monoisotopic (exact) mass is 346 g/mol. The average Bonchev–Trinajstić information content (AvgIpc) is 2.52.